The molecule has 0 bridgehead atoms. The molecule has 3 rings (SSSR count). The molecule has 0 saturated carbocycles. The van der Waals surface area contributed by atoms with Gasteiger partial charge in [-0.2, -0.15) is 0 Å². The van der Waals surface area contributed by atoms with E-state index in [9.17, 15) is 9.59 Å². The van der Waals surface area contributed by atoms with Gasteiger partial charge < -0.3 is 10.5 Å². The van der Waals surface area contributed by atoms with Crippen molar-refractivity contribution < 1.29 is 9.53 Å². The number of ether oxygens (including phenoxy) is 1. The van der Waals surface area contributed by atoms with Crippen LogP contribution >= 0.6 is 11.3 Å². The lowest BCUT2D eigenvalue weighted by atomic mass is 10.0. The Morgan fingerprint density at radius 2 is 2.04 bits per heavy atom. The number of methoxy groups -OCH3 is 1. The summed E-state index contributed by atoms with van der Waals surface area (Å²) in [6, 6.07) is 8.95. The van der Waals surface area contributed by atoms with Crippen LogP contribution in [-0.2, 0) is 16.0 Å². The Kier molecular flexibility index (Phi) is 5.20. The second-order valence-electron chi connectivity index (χ2n) is 6.10. The number of fused-ring (bicyclic) bond motifs is 1. The summed E-state index contributed by atoms with van der Waals surface area (Å²) in [4.78, 5) is 31.5. The summed E-state index contributed by atoms with van der Waals surface area (Å²) in [5, 5.41) is 0.535. The maximum absolute atomic E-state index is 13.3. The topological polar surface area (TPSA) is 87.2 Å². The van der Waals surface area contributed by atoms with Gasteiger partial charge in [0.2, 0.25) is 5.91 Å². The highest BCUT2D eigenvalue weighted by Gasteiger charge is 2.23. The van der Waals surface area contributed by atoms with E-state index in [1.807, 2.05) is 37.3 Å². The first-order valence-electron chi connectivity index (χ1n) is 8.33. The van der Waals surface area contributed by atoms with Crippen molar-refractivity contribution in [2.75, 3.05) is 13.7 Å². The molecule has 1 aromatic carbocycles. The average molecular weight is 371 g/mol. The number of benzene rings is 1. The number of thiophene rings is 1. The van der Waals surface area contributed by atoms with Crippen LogP contribution in [0.25, 0.3) is 21.3 Å². The number of hydrogen-bond acceptors (Lipinski definition) is 5. The molecule has 6 nitrogen and oxygen atoms in total. The molecular weight excluding hydrogens is 350 g/mol. The first-order valence-corrected chi connectivity index (χ1v) is 9.15. The molecule has 0 radical (unpaired) electrons. The normalized spacial score (nSPS) is 12.4. The second-order valence-corrected chi connectivity index (χ2v) is 7.31. The maximum Gasteiger partial charge on any atom is 0.263 e. The Morgan fingerprint density at radius 3 is 2.65 bits per heavy atom. The largest absolute Gasteiger partial charge is 0.384 e. The van der Waals surface area contributed by atoms with Gasteiger partial charge in [0, 0.05) is 24.0 Å². The smallest absolute Gasteiger partial charge is 0.263 e. The summed E-state index contributed by atoms with van der Waals surface area (Å²) in [5.41, 5.74) is 7.06. The van der Waals surface area contributed by atoms with Crippen LogP contribution in [0.5, 0.6) is 0 Å². The number of nitrogens with zero attached hydrogens (tertiary/aromatic N) is 2. The molecule has 0 saturated heterocycles. The van der Waals surface area contributed by atoms with Crippen molar-refractivity contribution in [1.29, 1.82) is 0 Å². The molecule has 2 heterocycles. The minimum Gasteiger partial charge on any atom is -0.384 e. The van der Waals surface area contributed by atoms with Crippen molar-refractivity contribution in [2.45, 2.75) is 26.3 Å². The third-order valence-electron chi connectivity index (χ3n) is 4.40. The van der Waals surface area contributed by atoms with E-state index < -0.39 is 11.9 Å². The number of primary amides is 1. The summed E-state index contributed by atoms with van der Waals surface area (Å²) in [7, 11) is 1.58. The van der Waals surface area contributed by atoms with E-state index in [0.717, 1.165) is 16.0 Å². The molecule has 0 spiro atoms. The van der Waals surface area contributed by atoms with Gasteiger partial charge in [0.1, 0.15) is 16.7 Å². The average Bonchev–Trinajstić information content (AvgIpc) is 2.96. The van der Waals surface area contributed by atoms with Gasteiger partial charge in [-0.3, -0.25) is 14.2 Å². The minimum atomic E-state index is -0.782. The predicted molar refractivity (Wildman–Crippen MR) is 104 cm³/mol. The molecule has 0 fully saturated rings. The SMILES string of the molecule is COCCc1nc2sc(C)c(-c3ccccc3)c2c(=O)n1C(C)C(N)=O. The molecule has 3 aromatic rings. The Morgan fingerprint density at radius 1 is 1.35 bits per heavy atom. The quantitative estimate of drug-likeness (QED) is 0.722. The van der Waals surface area contributed by atoms with E-state index in [-0.39, 0.29) is 5.56 Å². The summed E-state index contributed by atoms with van der Waals surface area (Å²) in [5.74, 6) is -0.0587. The fourth-order valence-electron chi connectivity index (χ4n) is 3.06. The molecular formula is C19H21N3O3S. The van der Waals surface area contributed by atoms with E-state index in [1.54, 1.807) is 14.0 Å². The van der Waals surface area contributed by atoms with Gasteiger partial charge in [-0.05, 0) is 19.4 Å². The molecule has 0 aliphatic rings. The molecule has 1 amide bonds. The molecule has 7 heteroatoms. The number of rotatable bonds is 6. The number of nitrogens with two attached hydrogens (primary N) is 1. The highest BCUT2D eigenvalue weighted by molar-refractivity contribution is 7.19. The molecule has 1 atom stereocenters. The number of aromatic nitrogens is 2. The molecule has 136 valence electrons. The second kappa shape index (κ2) is 7.39. The first-order chi connectivity index (χ1) is 12.5. The van der Waals surface area contributed by atoms with Crippen molar-refractivity contribution in [2.24, 2.45) is 5.73 Å². The van der Waals surface area contributed by atoms with E-state index in [2.05, 4.69) is 4.98 Å². The Labute approximate surface area is 155 Å². The van der Waals surface area contributed by atoms with E-state index in [0.29, 0.717) is 29.1 Å². The Bertz CT molecular complexity index is 1010. The lowest BCUT2D eigenvalue weighted by molar-refractivity contribution is -0.120. The first kappa shape index (κ1) is 18.3. The molecule has 2 N–H and O–H groups in total. The number of amides is 1. The van der Waals surface area contributed by atoms with Gasteiger partial charge in [0.25, 0.3) is 5.56 Å². The number of carbonyl (C=O) groups is 1. The fraction of sp³-hybridized carbons (Fsp3) is 0.316. The Hall–Kier alpha value is -2.51. The van der Waals surface area contributed by atoms with Crippen LogP contribution in [0.2, 0.25) is 0 Å². The van der Waals surface area contributed by atoms with Crippen LogP contribution in [-0.4, -0.2) is 29.2 Å². The molecule has 26 heavy (non-hydrogen) atoms. The number of aryl methyl sites for hydroxylation is 1. The standard InChI is InChI=1S/C19H21N3O3S/c1-11(17(20)23)22-14(9-10-25-3)21-18-16(19(22)24)15(12(2)26-18)13-7-5-4-6-8-13/h4-8,11H,9-10H2,1-3H3,(H2,20,23). The van der Waals surface area contributed by atoms with Crippen LogP contribution in [0.4, 0.5) is 0 Å². The van der Waals surface area contributed by atoms with Crippen LogP contribution in [0.1, 0.15) is 23.7 Å². The molecule has 0 aliphatic carbocycles. The van der Waals surface area contributed by atoms with Crippen LogP contribution in [0.15, 0.2) is 35.1 Å². The third-order valence-corrected chi connectivity index (χ3v) is 5.40. The van der Waals surface area contributed by atoms with Crippen molar-refractivity contribution in [1.82, 2.24) is 9.55 Å². The van der Waals surface area contributed by atoms with Gasteiger partial charge in [-0.25, -0.2) is 4.98 Å². The number of carbonyl (C=O) groups excluding carboxylic acids is 1. The minimum absolute atomic E-state index is 0.240. The predicted octanol–water partition coefficient (Wildman–Crippen LogP) is 2.67. The lowest BCUT2D eigenvalue weighted by Gasteiger charge is -2.17. The zero-order chi connectivity index (χ0) is 18.8. The summed E-state index contributed by atoms with van der Waals surface area (Å²) in [6.45, 7) is 4.00. The maximum atomic E-state index is 13.3. The van der Waals surface area contributed by atoms with Crippen molar-refractivity contribution in [3.05, 3.63) is 51.4 Å². The number of hydrogen-bond donors (Lipinski definition) is 1. The van der Waals surface area contributed by atoms with E-state index in [4.69, 9.17) is 10.5 Å². The summed E-state index contributed by atoms with van der Waals surface area (Å²) in [6.07, 6.45) is 0.427. The van der Waals surface area contributed by atoms with Crippen molar-refractivity contribution in [3.8, 4) is 11.1 Å². The van der Waals surface area contributed by atoms with Crippen LogP contribution in [0, 0.1) is 6.92 Å². The highest BCUT2D eigenvalue weighted by Crippen LogP contribution is 2.35. The van der Waals surface area contributed by atoms with E-state index >= 15 is 0 Å². The zero-order valence-corrected chi connectivity index (χ0v) is 15.8. The van der Waals surface area contributed by atoms with Crippen LogP contribution in [0.3, 0.4) is 0 Å². The third kappa shape index (κ3) is 3.15. The van der Waals surface area contributed by atoms with Crippen molar-refractivity contribution in [3.63, 3.8) is 0 Å². The lowest BCUT2D eigenvalue weighted by Crippen LogP contribution is -2.35. The summed E-state index contributed by atoms with van der Waals surface area (Å²) >= 11 is 1.48. The van der Waals surface area contributed by atoms with Gasteiger partial charge >= 0.3 is 0 Å². The van der Waals surface area contributed by atoms with Gasteiger partial charge in [-0.15, -0.1) is 11.3 Å². The van der Waals surface area contributed by atoms with Gasteiger partial charge in [-0.1, -0.05) is 30.3 Å². The highest BCUT2D eigenvalue weighted by atomic mass is 32.1. The zero-order valence-electron chi connectivity index (χ0n) is 15.0. The van der Waals surface area contributed by atoms with Crippen molar-refractivity contribution >= 4 is 27.5 Å². The molecule has 2 aromatic heterocycles. The summed E-state index contributed by atoms with van der Waals surface area (Å²) < 4.78 is 6.53. The van der Waals surface area contributed by atoms with E-state index in [1.165, 1.54) is 15.9 Å². The van der Waals surface area contributed by atoms with Gasteiger partial charge in [0.15, 0.2) is 0 Å². The monoisotopic (exact) mass is 371 g/mol. The molecule has 1 unspecified atom stereocenters. The molecule has 0 aliphatic heterocycles. The Balaban J connectivity index is 2.34. The van der Waals surface area contributed by atoms with Gasteiger partial charge in [0.05, 0.1) is 12.0 Å². The van der Waals surface area contributed by atoms with Crippen LogP contribution < -0.4 is 11.3 Å². The fourth-order valence-corrected chi connectivity index (χ4v) is 4.12.